The highest BCUT2D eigenvalue weighted by atomic mass is 19.2. The van der Waals surface area contributed by atoms with Crippen molar-refractivity contribution in [2.24, 2.45) is 0 Å². The number of methoxy groups -OCH3 is 2. The van der Waals surface area contributed by atoms with Gasteiger partial charge < -0.3 is 24.3 Å². The molecule has 2 aromatic rings. The largest absolute Gasteiger partial charge is 0.469 e. The third-order valence-electron chi connectivity index (χ3n) is 5.54. The van der Waals surface area contributed by atoms with Gasteiger partial charge in [-0.05, 0) is 71.2 Å². The smallest absolute Gasteiger partial charge is 0.411 e. The number of rotatable bonds is 9. The van der Waals surface area contributed by atoms with Crippen molar-refractivity contribution in [2.45, 2.75) is 78.0 Å². The van der Waals surface area contributed by atoms with E-state index in [9.17, 15) is 45.5 Å². The van der Waals surface area contributed by atoms with Crippen LogP contribution in [0.4, 0.5) is 35.9 Å². The number of hydrogen-bond donors (Lipinski definition) is 2. The average molecular weight is 695 g/mol. The van der Waals surface area contributed by atoms with E-state index in [1.807, 2.05) is 0 Å². The zero-order valence-electron chi connectivity index (χ0n) is 27.6. The lowest BCUT2D eigenvalue weighted by Crippen LogP contribution is -2.41. The molecule has 0 heterocycles. The second kappa shape index (κ2) is 18.0. The number of halogens is 6. The molecule has 0 saturated heterocycles. The molecule has 0 radical (unpaired) electrons. The third kappa shape index (κ3) is 15.7. The number of hydrogen-bond acceptors (Lipinski definition) is 8. The topological polar surface area (TPSA) is 129 Å². The van der Waals surface area contributed by atoms with E-state index in [1.54, 1.807) is 41.5 Å². The Morgan fingerprint density at radius 1 is 0.708 bits per heavy atom. The molecule has 268 valence electrons. The molecule has 2 N–H and O–H groups in total. The Kier molecular flexibility index (Phi) is 15.4. The van der Waals surface area contributed by atoms with Crippen molar-refractivity contribution in [2.75, 3.05) is 14.2 Å². The van der Waals surface area contributed by atoms with Gasteiger partial charge in [-0.25, -0.2) is 40.7 Å². The summed E-state index contributed by atoms with van der Waals surface area (Å²) in [6, 6.07) is 1.21. The Bertz CT molecular complexity index is 1510. The minimum Gasteiger partial charge on any atom is -0.469 e. The van der Waals surface area contributed by atoms with Gasteiger partial charge in [0, 0.05) is 37.8 Å². The number of ether oxygens (including phenoxy) is 4. The summed E-state index contributed by atoms with van der Waals surface area (Å²) in [6.45, 7) is 9.84. The van der Waals surface area contributed by atoms with Crippen molar-refractivity contribution in [3.63, 3.8) is 0 Å². The van der Waals surface area contributed by atoms with Gasteiger partial charge in [-0.15, -0.1) is 0 Å². The van der Waals surface area contributed by atoms with E-state index >= 15 is 0 Å². The normalized spacial score (nSPS) is 12.2. The highest BCUT2D eigenvalue weighted by Crippen LogP contribution is 2.19. The first kappa shape index (κ1) is 41.3. The lowest BCUT2D eigenvalue weighted by molar-refractivity contribution is -0.141. The van der Waals surface area contributed by atoms with Crippen LogP contribution in [-0.4, -0.2) is 55.6 Å². The fraction of sp³-hybridized carbons (Fsp3) is 0.438. The maximum absolute atomic E-state index is 13.8. The molecule has 1 atom stereocenters. The van der Waals surface area contributed by atoms with Crippen molar-refractivity contribution < 1.29 is 65.9 Å². The van der Waals surface area contributed by atoms with Crippen LogP contribution in [0.5, 0.6) is 0 Å². The van der Waals surface area contributed by atoms with Crippen molar-refractivity contribution in [1.82, 2.24) is 10.6 Å². The third-order valence-corrected chi connectivity index (χ3v) is 5.54. The van der Waals surface area contributed by atoms with Gasteiger partial charge in [0.2, 0.25) is 0 Å². The molecule has 0 aliphatic rings. The van der Waals surface area contributed by atoms with Gasteiger partial charge in [0.15, 0.2) is 23.3 Å². The lowest BCUT2D eigenvalue weighted by Gasteiger charge is -2.23. The molecule has 10 nitrogen and oxygen atoms in total. The molecule has 0 unspecified atom stereocenters. The second-order valence-corrected chi connectivity index (χ2v) is 12.0. The van der Waals surface area contributed by atoms with Crippen molar-refractivity contribution in [3.8, 4) is 0 Å². The van der Waals surface area contributed by atoms with Gasteiger partial charge in [-0.2, -0.15) is 0 Å². The number of alkyl carbamates (subject to hydrolysis) is 2. The van der Waals surface area contributed by atoms with Gasteiger partial charge in [0.25, 0.3) is 0 Å². The summed E-state index contributed by atoms with van der Waals surface area (Å²) in [4.78, 5) is 46.4. The van der Waals surface area contributed by atoms with Crippen LogP contribution in [0.3, 0.4) is 0 Å². The summed E-state index contributed by atoms with van der Waals surface area (Å²) in [5, 5.41) is 4.67. The first-order chi connectivity index (χ1) is 22.0. The molecule has 0 aliphatic heterocycles. The van der Waals surface area contributed by atoms with Crippen LogP contribution >= 0.6 is 0 Å². The average Bonchev–Trinajstić information content (AvgIpc) is 2.92. The minimum absolute atomic E-state index is 0. The molecule has 0 aliphatic carbocycles. The van der Waals surface area contributed by atoms with E-state index in [1.165, 1.54) is 0 Å². The highest BCUT2D eigenvalue weighted by molar-refractivity contribution is 5.84. The van der Waals surface area contributed by atoms with Crippen LogP contribution in [0, 0.1) is 34.9 Å². The van der Waals surface area contributed by atoms with Crippen LogP contribution < -0.4 is 10.6 Å². The molecule has 2 rings (SSSR count). The van der Waals surface area contributed by atoms with E-state index in [2.05, 4.69) is 20.1 Å². The summed E-state index contributed by atoms with van der Waals surface area (Å²) in [6.07, 6.45) is -1.71. The molecule has 0 aromatic heterocycles. The summed E-state index contributed by atoms with van der Waals surface area (Å²) >= 11 is 0. The van der Waals surface area contributed by atoms with E-state index in [0.29, 0.717) is 24.3 Å². The molecule has 2 aromatic carbocycles. The summed E-state index contributed by atoms with van der Waals surface area (Å²) in [5.74, 6) is -8.59. The predicted octanol–water partition coefficient (Wildman–Crippen LogP) is 6.58. The van der Waals surface area contributed by atoms with E-state index in [4.69, 9.17) is 9.47 Å². The van der Waals surface area contributed by atoms with Crippen LogP contribution in [-0.2, 0) is 41.4 Å². The van der Waals surface area contributed by atoms with Crippen molar-refractivity contribution in [3.05, 3.63) is 82.1 Å². The number of carbonyl (C=O) groups is 4. The maximum Gasteiger partial charge on any atom is 0.411 e. The van der Waals surface area contributed by atoms with Crippen LogP contribution in [0.15, 0.2) is 36.0 Å². The molecule has 0 bridgehead atoms. The Hall–Kier alpha value is -4.76. The van der Waals surface area contributed by atoms with Gasteiger partial charge in [0.05, 0.1) is 20.6 Å². The fourth-order valence-electron chi connectivity index (χ4n) is 3.59. The number of carbonyl (C=O) groups excluding carboxylic acids is 4. The van der Waals surface area contributed by atoms with Crippen LogP contribution in [0.25, 0.3) is 0 Å². The molecule has 0 fully saturated rings. The van der Waals surface area contributed by atoms with Gasteiger partial charge in [-0.3, -0.25) is 10.1 Å². The minimum atomic E-state index is -1.34. The first-order valence-electron chi connectivity index (χ1n) is 14.1. The molecule has 16 heteroatoms. The molecule has 2 amide bonds. The number of nitrogens with one attached hydrogen (secondary N) is 2. The molecule has 0 saturated carbocycles. The van der Waals surface area contributed by atoms with Gasteiger partial charge in [0.1, 0.15) is 22.8 Å². The number of allylic oxidation sites excluding steroid dienone is 1. The Morgan fingerprint density at radius 3 is 1.65 bits per heavy atom. The van der Waals surface area contributed by atoms with E-state index in [-0.39, 0.29) is 37.5 Å². The second-order valence-electron chi connectivity index (χ2n) is 12.0. The van der Waals surface area contributed by atoms with Gasteiger partial charge in [-0.1, -0.05) is 0 Å². The monoisotopic (exact) mass is 694 g/mol. The van der Waals surface area contributed by atoms with Gasteiger partial charge >= 0.3 is 24.1 Å². The SMILES string of the molecule is COC(=O)/C=C(/Cc1cc(F)c(F)cc1F)NC(=O)OC(C)(C)C.COC(=O)C[C@@H](Cc1cc(F)c(F)cc1F)NC(=O)OC(C)(C)C.[HH]. The quantitative estimate of drug-likeness (QED) is 0.0991. The van der Waals surface area contributed by atoms with Crippen molar-refractivity contribution in [1.29, 1.82) is 0 Å². The number of amides is 2. The Labute approximate surface area is 275 Å². The number of benzene rings is 2. The number of esters is 2. The first-order valence-corrected chi connectivity index (χ1v) is 14.1. The summed E-state index contributed by atoms with van der Waals surface area (Å²) < 4.78 is 99.0. The summed E-state index contributed by atoms with van der Waals surface area (Å²) in [7, 11) is 2.27. The van der Waals surface area contributed by atoms with E-state index in [0.717, 1.165) is 20.3 Å². The lowest BCUT2D eigenvalue weighted by atomic mass is 10.0. The maximum atomic E-state index is 13.8. The zero-order valence-corrected chi connectivity index (χ0v) is 27.6. The van der Waals surface area contributed by atoms with Crippen LogP contribution in [0.2, 0.25) is 0 Å². The Balaban J connectivity index is 0.000000922. The highest BCUT2D eigenvalue weighted by Gasteiger charge is 2.24. The fourth-order valence-corrected chi connectivity index (χ4v) is 3.59. The van der Waals surface area contributed by atoms with Crippen LogP contribution in [0.1, 0.15) is 60.5 Å². The molecule has 0 spiro atoms. The Morgan fingerprint density at radius 2 is 1.17 bits per heavy atom. The van der Waals surface area contributed by atoms with Crippen molar-refractivity contribution >= 4 is 24.1 Å². The zero-order chi connectivity index (χ0) is 37.0. The predicted molar refractivity (Wildman–Crippen MR) is 161 cm³/mol. The molecular weight excluding hydrogens is 654 g/mol. The molecule has 48 heavy (non-hydrogen) atoms. The molecular formula is C32H40F6N2O8. The van der Waals surface area contributed by atoms with E-state index < -0.39 is 76.3 Å². The summed E-state index contributed by atoms with van der Waals surface area (Å²) in [5.41, 5.74) is -2.10. The standard InChI is InChI=1S/C16H20F3NO4.C16H18F3NO4.H2/c2*1-16(2,3)24-15(22)20-10(7-14(21)23-4)5-9-6-12(18)13(19)8-11(9)17;/h6,8,10H,5,7H2,1-4H3,(H,20,22);6-8H,5H2,1-4H3,(H,20,22);1H/b;10-7-;/t10-;;/m1../s1.